The van der Waals surface area contributed by atoms with Gasteiger partial charge in [-0.25, -0.2) is 14.2 Å². The Morgan fingerprint density at radius 3 is 2.96 bits per heavy atom. The Hall–Kier alpha value is -2.94. The Balaban J connectivity index is 1.76. The van der Waals surface area contributed by atoms with E-state index in [-0.39, 0.29) is 37.1 Å². The summed E-state index contributed by atoms with van der Waals surface area (Å²) in [5.41, 5.74) is 0.735. The molecular formula is C16H16FN3O5. The van der Waals surface area contributed by atoms with E-state index < -0.39 is 18.0 Å². The molecule has 2 aromatic rings. The molecule has 3 rings (SSSR count). The number of nitrogens with one attached hydrogen (secondary N) is 1. The molecule has 0 bridgehead atoms. The highest BCUT2D eigenvalue weighted by Gasteiger charge is 2.32. The molecule has 0 saturated carbocycles. The maximum absolute atomic E-state index is 14.4. The number of cyclic esters (lactones) is 1. The van der Waals surface area contributed by atoms with Crippen molar-refractivity contribution in [1.82, 2.24) is 10.3 Å². The average Bonchev–Trinajstić information content (AvgIpc) is 3.19. The summed E-state index contributed by atoms with van der Waals surface area (Å²) in [6.07, 6.45) is 0.131. The molecule has 0 radical (unpaired) electrons. The monoisotopic (exact) mass is 349 g/mol. The summed E-state index contributed by atoms with van der Waals surface area (Å²) in [5.74, 6) is -0.805. The van der Waals surface area contributed by atoms with E-state index in [1.165, 1.54) is 30.2 Å². The second-order valence-corrected chi connectivity index (χ2v) is 5.52. The lowest BCUT2D eigenvalue weighted by molar-refractivity contribution is -0.119. The number of aliphatic hydroxyl groups excluding tert-OH is 1. The van der Waals surface area contributed by atoms with Gasteiger partial charge in [-0.1, -0.05) is 0 Å². The van der Waals surface area contributed by atoms with Crippen LogP contribution in [-0.4, -0.2) is 41.3 Å². The van der Waals surface area contributed by atoms with Crippen molar-refractivity contribution >= 4 is 17.7 Å². The largest absolute Gasteiger partial charge is 0.444 e. The third kappa shape index (κ3) is 3.61. The number of halogens is 1. The van der Waals surface area contributed by atoms with Gasteiger partial charge in [0, 0.05) is 6.92 Å². The summed E-state index contributed by atoms with van der Waals surface area (Å²) in [5, 5.41) is 11.6. The first-order chi connectivity index (χ1) is 12.0. The molecule has 1 aliphatic rings. The number of carbonyl (C=O) groups excluding carboxylic acids is 2. The number of oxazole rings is 1. The molecule has 2 N–H and O–H groups in total. The van der Waals surface area contributed by atoms with Crippen molar-refractivity contribution in [1.29, 1.82) is 0 Å². The van der Waals surface area contributed by atoms with Crippen molar-refractivity contribution in [3.05, 3.63) is 36.0 Å². The third-order valence-corrected chi connectivity index (χ3v) is 3.66. The quantitative estimate of drug-likeness (QED) is 0.846. The minimum atomic E-state index is -0.623. The highest BCUT2D eigenvalue weighted by atomic mass is 19.1. The molecule has 1 saturated heterocycles. The minimum Gasteiger partial charge on any atom is -0.444 e. The number of aliphatic hydroxyl groups is 1. The van der Waals surface area contributed by atoms with Gasteiger partial charge in [0.2, 0.25) is 11.8 Å². The first-order valence-electron chi connectivity index (χ1n) is 7.55. The molecule has 1 aromatic heterocycles. The molecular weight excluding hydrogens is 333 g/mol. The van der Waals surface area contributed by atoms with Crippen LogP contribution in [-0.2, 0) is 16.1 Å². The number of anilines is 1. The summed E-state index contributed by atoms with van der Waals surface area (Å²) in [4.78, 5) is 28.1. The molecule has 1 aliphatic heterocycles. The van der Waals surface area contributed by atoms with E-state index in [2.05, 4.69) is 10.3 Å². The van der Waals surface area contributed by atoms with Crippen LogP contribution in [0.1, 0.15) is 12.6 Å². The molecule has 1 fully saturated rings. The number of hydrogen-bond donors (Lipinski definition) is 2. The van der Waals surface area contributed by atoms with Crippen LogP contribution >= 0.6 is 0 Å². The third-order valence-electron chi connectivity index (χ3n) is 3.66. The summed E-state index contributed by atoms with van der Waals surface area (Å²) < 4.78 is 24.6. The van der Waals surface area contributed by atoms with Crippen molar-refractivity contribution in [2.75, 3.05) is 18.0 Å². The Kier molecular flexibility index (Phi) is 4.66. The average molecular weight is 349 g/mol. The zero-order valence-corrected chi connectivity index (χ0v) is 13.4. The Morgan fingerprint density at radius 1 is 1.52 bits per heavy atom. The Morgan fingerprint density at radius 2 is 2.32 bits per heavy atom. The lowest BCUT2D eigenvalue weighted by Gasteiger charge is -2.13. The molecule has 1 atom stereocenters. The van der Waals surface area contributed by atoms with E-state index in [0.717, 1.165) is 0 Å². The SMILES string of the molecule is CC(=O)NCC1CN(c2ccc(-c3nc(CO)co3)c(F)c2)C(=O)O1. The first-order valence-corrected chi connectivity index (χ1v) is 7.55. The minimum absolute atomic E-state index is 0.0423. The molecule has 1 unspecified atom stereocenters. The number of aromatic nitrogens is 1. The van der Waals surface area contributed by atoms with Gasteiger partial charge in [-0.2, -0.15) is 0 Å². The van der Waals surface area contributed by atoms with E-state index >= 15 is 0 Å². The molecule has 132 valence electrons. The number of ether oxygens (including phenoxy) is 1. The summed E-state index contributed by atoms with van der Waals surface area (Å²) >= 11 is 0. The van der Waals surface area contributed by atoms with Gasteiger partial charge in [0.25, 0.3) is 0 Å². The van der Waals surface area contributed by atoms with Crippen LogP contribution in [0.5, 0.6) is 0 Å². The standard InChI is InChI=1S/C16H16FN3O5/c1-9(22)18-5-12-6-20(16(23)25-12)11-2-3-13(14(17)4-11)15-19-10(7-21)8-24-15/h2-4,8,12,21H,5-7H2,1H3,(H,18,22). The fourth-order valence-electron chi connectivity index (χ4n) is 2.44. The van der Waals surface area contributed by atoms with E-state index in [0.29, 0.717) is 11.4 Å². The maximum Gasteiger partial charge on any atom is 0.414 e. The Bertz CT molecular complexity index is 807. The van der Waals surface area contributed by atoms with Crippen LogP contribution in [0.15, 0.2) is 28.9 Å². The highest BCUT2D eigenvalue weighted by molar-refractivity contribution is 5.90. The van der Waals surface area contributed by atoms with Gasteiger partial charge in [-0.05, 0) is 18.2 Å². The van der Waals surface area contributed by atoms with E-state index in [4.69, 9.17) is 14.3 Å². The predicted molar refractivity (Wildman–Crippen MR) is 84.1 cm³/mol. The van der Waals surface area contributed by atoms with Crippen molar-refractivity contribution in [2.45, 2.75) is 19.6 Å². The number of benzene rings is 1. The maximum atomic E-state index is 14.4. The Labute approximate surface area is 142 Å². The molecule has 2 heterocycles. The summed E-state index contributed by atoms with van der Waals surface area (Å²) in [7, 11) is 0. The predicted octanol–water partition coefficient (Wildman–Crippen LogP) is 1.43. The first kappa shape index (κ1) is 16.9. The van der Waals surface area contributed by atoms with Gasteiger partial charge in [0.1, 0.15) is 23.9 Å². The van der Waals surface area contributed by atoms with Crippen molar-refractivity contribution in [3.63, 3.8) is 0 Å². The lowest BCUT2D eigenvalue weighted by atomic mass is 10.1. The van der Waals surface area contributed by atoms with Crippen molar-refractivity contribution < 1.29 is 28.2 Å². The number of hydrogen-bond acceptors (Lipinski definition) is 6. The van der Waals surface area contributed by atoms with Gasteiger partial charge in [0.15, 0.2) is 0 Å². The molecule has 25 heavy (non-hydrogen) atoms. The van der Waals surface area contributed by atoms with Crippen LogP contribution in [0.3, 0.4) is 0 Å². The van der Waals surface area contributed by atoms with Gasteiger partial charge in [-0.15, -0.1) is 0 Å². The second-order valence-electron chi connectivity index (χ2n) is 5.52. The molecule has 2 amide bonds. The van der Waals surface area contributed by atoms with E-state index in [9.17, 15) is 14.0 Å². The second kappa shape index (κ2) is 6.89. The van der Waals surface area contributed by atoms with Crippen LogP contribution in [0.25, 0.3) is 11.5 Å². The van der Waals surface area contributed by atoms with E-state index in [1.807, 2.05) is 0 Å². The fourth-order valence-corrected chi connectivity index (χ4v) is 2.44. The fraction of sp³-hybridized carbons (Fsp3) is 0.312. The van der Waals surface area contributed by atoms with Gasteiger partial charge in [-0.3, -0.25) is 9.69 Å². The molecule has 0 aliphatic carbocycles. The van der Waals surface area contributed by atoms with Gasteiger partial charge < -0.3 is 19.6 Å². The van der Waals surface area contributed by atoms with Crippen molar-refractivity contribution in [2.24, 2.45) is 0 Å². The zero-order valence-electron chi connectivity index (χ0n) is 13.4. The molecule has 8 nitrogen and oxygen atoms in total. The van der Waals surface area contributed by atoms with Crippen LogP contribution < -0.4 is 10.2 Å². The summed E-state index contributed by atoms with van der Waals surface area (Å²) in [6.45, 7) is 1.45. The molecule has 9 heteroatoms. The van der Waals surface area contributed by atoms with Gasteiger partial charge >= 0.3 is 6.09 Å². The van der Waals surface area contributed by atoms with E-state index in [1.54, 1.807) is 6.07 Å². The molecule has 1 aromatic carbocycles. The van der Waals surface area contributed by atoms with Crippen molar-refractivity contribution in [3.8, 4) is 11.5 Å². The number of rotatable bonds is 5. The highest BCUT2D eigenvalue weighted by Crippen LogP contribution is 2.28. The van der Waals surface area contributed by atoms with Crippen LogP contribution in [0.2, 0.25) is 0 Å². The number of nitrogens with zero attached hydrogens (tertiary/aromatic N) is 2. The summed E-state index contributed by atoms with van der Waals surface area (Å²) in [6, 6.07) is 4.16. The topological polar surface area (TPSA) is 105 Å². The number of carbonyl (C=O) groups is 2. The van der Waals surface area contributed by atoms with Gasteiger partial charge in [0.05, 0.1) is 30.9 Å². The zero-order chi connectivity index (χ0) is 18.0. The van der Waals surface area contributed by atoms with Crippen LogP contribution in [0, 0.1) is 5.82 Å². The normalized spacial score (nSPS) is 16.8. The lowest BCUT2D eigenvalue weighted by Crippen LogP contribution is -2.33. The van der Waals surface area contributed by atoms with Crippen LogP contribution in [0.4, 0.5) is 14.9 Å². The number of amides is 2. The molecule has 0 spiro atoms. The smallest absolute Gasteiger partial charge is 0.414 e.